The molecule has 2 aliphatic rings. The highest BCUT2D eigenvalue weighted by atomic mass is 16.5. The fraction of sp³-hybridized carbons (Fsp3) is 0.356. The molecule has 137 heavy (non-hydrogen) atoms. The number of phenolic OH excluding ortho intramolecular Hbond substituents is 1. The third-order valence-electron chi connectivity index (χ3n) is 20.7. The minimum atomic E-state index is -0.541. The molecule has 720 valence electrons. The second-order valence-electron chi connectivity index (χ2n) is 32.5. The highest BCUT2D eigenvalue weighted by Crippen LogP contribution is 2.29. The SMILES string of the molecule is CC(=O)CCCOCCOCCNc1nc(Nc2ccc(C(=O)NCc3ccccc3)cc2)nc(Nc2ccc3c(c2)C=NC3)n1.CC(=O)CCCOCCOCCNc1nc(Nc2ccc(O)cc2)nc(Nc2ccc(C(=O)NC(C)(C)c3ccccc3)cc2)n1.CCCCCCNC(=O)c1ccc(Nc2nc(NCCOCCOCCCC(C)=O)nc(Nc3ccc4c(c3)C=NC4)n2)cc1. The summed E-state index contributed by atoms with van der Waals surface area (Å²) < 4.78 is 33.4. The maximum absolute atomic E-state index is 13.0. The molecule has 2 aliphatic heterocycles. The number of aliphatic imine (C=N–C) groups is 2. The van der Waals surface area contributed by atoms with Gasteiger partial charge in [-0.15, -0.1) is 0 Å². The summed E-state index contributed by atoms with van der Waals surface area (Å²) in [6.07, 6.45) is 11.9. The van der Waals surface area contributed by atoms with E-state index in [0.29, 0.717) is 226 Å². The number of phenols is 1. The molecule has 8 aromatic carbocycles. The first-order valence-corrected chi connectivity index (χ1v) is 46.1. The minimum absolute atomic E-state index is 0.0858. The Hall–Kier alpha value is -14.7. The van der Waals surface area contributed by atoms with Crippen LogP contribution >= 0.6 is 0 Å². The predicted octanol–water partition coefficient (Wildman–Crippen LogP) is 16.0. The molecule has 0 saturated heterocycles. The molecule has 0 spiro atoms. The summed E-state index contributed by atoms with van der Waals surface area (Å²) in [5, 5.41) is 47.5. The largest absolute Gasteiger partial charge is 0.508 e. The van der Waals surface area contributed by atoms with Crippen LogP contribution in [0.5, 0.6) is 5.75 Å². The summed E-state index contributed by atoms with van der Waals surface area (Å²) in [7, 11) is 0. The van der Waals surface area contributed by atoms with Gasteiger partial charge in [-0.2, -0.15) is 44.9 Å². The Morgan fingerprint density at radius 2 is 0.664 bits per heavy atom. The van der Waals surface area contributed by atoms with Crippen LogP contribution in [-0.2, 0) is 68.0 Å². The monoisotopic (exact) mass is 1870 g/mol. The fourth-order valence-corrected chi connectivity index (χ4v) is 13.5. The van der Waals surface area contributed by atoms with Gasteiger partial charge in [-0.05, 0) is 215 Å². The molecular weight excluding hydrogens is 1740 g/mol. The topological polar surface area (TPSA) is 463 Å². The number of hydrogen-bond donors (Lipinski definition) is 13. The van der Waals surface area contributed by atoms with Crippen molar-refractivity contribution in [3.05, 3.63) is 244 Å². The quantitative estimate of drug-likeness (QED) is 0.0124. The number of ketones is 3. The molecule has 0 bridgehead atoms. The molecule has 0 atom stereocenters. The molecule has 11 aromatic rings. The smallest absolute Gasteiger partial charge is 0.251 e. The van der Waals surface area contributed by atoms with Crippen molar-refractivity contribution in [3.63, 3.8) is 0 Å². The predicted molar refractivity (Wildman–Crippen MR) is 533 cm³/mol. The lowest BCUT2D eigenvalue weighted by Crippen LogP contribution is -2.40. The Bertz CT molecular complexity index is 5690. The average Bonchev–Trinajstić information content (AvgIpc) is 1.81. The van der Waals surface area contributed by atoms with Crippen LogP contribution in [0.25, 0.3) is 0 Å². The van der Waals surface area contributed by atoms with Crippen LogP contribution in [-0.4, -0.2) is 203 Å². The van der Waals surface area contributed by atoms with Gasteiger partial charge in [-0.1, -0.05) is 99.0 Å². The number of aromatic hydroxyl groups is 1. The fourth-order valence-electron chi connectivity index (χ4n) is 13.5. The summed E-state index contributed by atoms with van der Waals surface area (Å²) in [6, 6.07) is 59.5. The summed E-state index contributed by atoms with van der Waals surface area (Å²) in [5.74, 6) is 3.21. The zero-order valence-electron chi connectivity index (χ0n) is 78.4. The highest BCUT2D eigenvalue weighted by molar-refractivity contribution is 5.96. The number of aromatic nitrogens is 9. The summed E-state index contributed by atoms with van der Waals surface area (Å²) in [6.45, 7) is 20.3. The first-order chi connectivity index (χ1) is 66.7. The number of nitrogens with zero attached hydrogens (tertiary/aromatic N) is 11. The van der Waals surface area contributed by atoms with Crippen molar-refractivity contribution in [2.24, 2.45) is 9.98 Å². The third-order valence-corrected chi connectivity index (χ3v) is 20.7. The van der Waals surface area contributed by atoms with Gasteiger partial charge < -0.3 is 112 Å². The van der Waals surface area contributed by atoms with Crippen LogP contribution < -0.4 is 63.8 Å². The number of Topliss-reactive ketones (excluding diaryl/α,β-unsaturated/α-hetero) is 3. The van der Waals surface area contributed by atoms with Gasteiger partial charge in [0.2, 0.25) is 53.5 Å². The van der Waals surface area contributed by atoms with Gasteiger partial charge in [0, 0.05) is 135 Å². The molecule has 5 heterocycles. The van der Waals surface area contributed by atoms with E-state index in [2.05, 4.69) is 126 Å². The lowest BCUT2D eigenvalue weighted by atomic mass is 9.94. The number of anilines is 15. The van der Waals surface area contributed by atoms with Crippen LogP contribution in [0.2, 0.25) is 0 Å². The molecule has 13 N–H and O–H groups in total. The van der Waals surface area contributed by atoms with Crippen LogP contribution in [0.3, 0.4) is 0 Å². The van der Waals surface area contributed by atoms with Gasteiger partial charge in [0.15, 0.2) is 0 Å². The van der Waals surface area contributed by atoms with E-state index in [1.54, 1.807) is 106 Å². The zero-order chi connectivity index (χ0) is 96.5. The van der Waals surface area contributed by atoms with Crippen LogP contribution in [0, 0.1) is 0 Å². The van der Waals surface area contributed by atoms with Crippen LogP contribution in [0.4, 0.5) is 87.7 Å². The standard InChI is InChI=1S/C34H38N8O4.C34H41N7O5.C33H44N8O4/c1-24(43)6-5-16-45-18-19-46-17-15-36-32-40-33(42-34(41-32)39-30-14-11-27-22-35-23-28(27)20-30)38-29-12-9-26(10-13-29)31(44)37-21-25-7-3-2-4-8-25;1-24(42)8-7-20-45-22-23-46-21-19-35-31-38-32(40-33(39-31)37-28-15-17-29(43)18-16-28)36-27-13-11-25(12-14-27)30(44)41-34(2,3)26-9-5-4-6-10-26;1-3-4-5-6-15-35-30(43)25-9-12-28(13-10-25)37-32-39-31(36-16-18-45-20-19-44-17-7-8-24(2)42)40-33(41-32)38-29-14-11-26-22-34-23-27(26)21-29/h2-4,7-14,20,23H,5-6,15-19,21-22H2,1H3,(H,37,44)(H3,36,38,39,40,41,42);4-6,9-18,43H,7-8,19-23H2,1-3H3,(H,41,44)(H3,35,36,37,38,39,40);9-14,21,23H,3-8,15-20,22H2,1-2H3,(H,35,43)(H3,36,37,38,39,40,41). The normalized spacial score (nSPS) is 11.5. The maximum Gasteiger partial charge on any atom is 0.251 e. The highest BCUT2D eigenvalue weighted by Gasteiger charge is 2.24. The van der Waals surface area contributed by atoms with E-state index in [1.807, 2.05) is 135 Å². The van der Waals surface area contributed by atoms with Gasteiger partial charge in [0.1, 0.15) is 23.1 Å². The van der Waals surface area contributed by atoms with E-state index in [0.717, 1.165) is 71.4 Å². The van der Waals surface area contributed by atoms with Gasteiger partial charge in [-0.25, -0.2) is 0 Å². The molecule has 13 rings (SSSR count). The van der Waals surface area contributed by atoms with Crippen molar-refractivity contribution in [1.29, 1.82) is 0 Å². The van der Waals surface area contributed by atoms with Crippen LogP contribution in [0.1, 0.15) is 170 Å². The second-order valence-corrected chi connectivity index (χ2v) is 32.5. The van der Waals surface area contributed by atoms with E-state index < -0.39 is 5.54 Å². The van der Waals surface area contributed by atoms with Gasteiger partial charge in [0.05, 0.1) is 78.1 Å². The van der Waals surface area contributed by atoms with Crippen molar-refractivity contribution in [1.82, 2.24) is 60.8 Å². The lowest BCUT2D eigenvalue weighted by Gasteiger charge is -2.27. The van der Waals surface area contributed by atoms with E-state index >= 15 is 0 Å². The number of hydrogen-bond acceptors (Lipinski definition) is 33. The number of rotatable bonds is 57. The van der Waals surface area contributed by atoms with Gasteiger partial charge in [-0.3, -0.25) is 24.4 Å². The molecule has 0 unspecified atom stereocenters. The maximum atomic E-state index is 13.0. The number of amides is 3. The van der Waals surface area contributed by atoms with Crippen molar-refractivity contribution in [3.8, 4) is 5.75 Å². The first-order valence-electron chi connectivity index (χ1n) is 46.1. The molecule has 3 aromatic heterocycles. The number of benzene rings is 8. The zero-order valence-corrected chi connectivity index (χ0v) is 78.4. The number of carbonyl (C=O) groups excluding carboxylic acids is 6. The summed E-state index contributed by atoms with van der Waals surface area (Å²) in [4.78, 5) is 121. The Morgan fingerprint density at radius 3 is 1.04 bits per heavy atom. The van der Waals surface area contributed by atoms with Crippen LogP contribution in [0.15, 0.2) is 204 Å². The van der Waals surface area contributed by atoms with E-state index in [4.69, 9.17) is 28.4 Å². The number of carbonyl (C=O) groups is 6. The molecule has 36 nitrogen and oxygen atoms in total. The Kier molecular flexibility index (Phi) is 42.4. The van der Waals surface area contributed by atoms with Gasteiger partial charge in [0.25, 0.3) is 17.7 Å². The van der Waals surface area contributed by atoms with Crippen molar-refractivity contribution >= 4 is 135 Å². The minimum Gasteiger partial charge on any atom is -0.508 e. The number of nitrogens with one attached hydrogen (secondary N) is 12. The second kappa shape index (κ2) is 56.5. The van der Waals surface area contributed by atoms with Crippen molar-refractivity contribution in [2.75, 3.05) is 153 Å². The molecule has 3 amide bonds. The van der Waals surface area contributed by atoms with E-state index in [-0.39, 0.29) is 52.7 Å². The number of unbranched alkanes of at least 4 members (excludes halogenated alkanes) is 3. The Balaban J connectivity index is 0.000000197. The van der Waals surface area contributed by atoms with Gasteiger partial charge >= 0.3 is 0 Å². The lowest BCUT2D eigenvalue weighted by molar-refractivity contribution is -0.118. The van der Waals surface area contributed by atoms with E-state index in [1.165, 1.54) is 17.5 Å². The average molecular weight is 1870 g/mol. The molecule has 36 heteroatoms. The van der Waals surface area contributed by atoms with E-state index in [9.17, 15) is 33.9 Å². The number of fused-ring (bicyclic) bond motifs is 2. The molecule has 0 fully saturated rings. The molecule has 0 aliphatic carbocycles. The first kappa shape index (κ1) is 103. The molecule has 0 saturated carbocycles. The molecular formula is C101H123N23O13. The Labute approximate surface area is 798 Å². The Morgan fingerprint density at radius 1 is 0.336 bits per heavy atom. The summed E-state index contributed by atoms with van der Waals surface area (Å²) in [5.41, 5.74) is 12.1. The number of ether oxygens (including phenoxy) is 6. The molecule has 0 radical (unpaired) electrons. The third kappa shape index (κ3) is 38.0. The van der Waals surface area contributed by atoms with Crippen molar-refractivity contribution in [2.45, 2.75) is 131 Å². The summed E-state index contributed by atoms with van der Waals surface area (Å²) >= 11 is 0. The van der Waals surface area contributed by atoms with Crippen molar-refractivity contribution < 1.29 is 62.3 Å².